The Bertz CT molecular complexity index is 1120. The third kappa shape index (κ3) is 8.21. The van der Waals surface area contributed by atoms with Crippen LogP contribution >= 0.6 is 0 Å². The zero-order chi connectivity index (χ0) is 27.8. The van der Waals surface area contributed by atoms with E-state index in [2.05, 4.69) is 38.7 Å². The van der Waals surface area contributed by atoms with Crippen LogP contribution in [-0.4, -0.2) is 67.6 Å². The molecular weight excluding hydrogens is 490 g/mol. The van der Waals surface area contributed by atoms with E-state index in [1.807, 2.05) is 46.2 Å². The molecule has 0 spiro atoms. The summed E-state index contributed by atoms with van der Waals surface area (Å²) in [7, 11) is 0. The van der Waals surface area contributed by atoms with Crippen LogP contribution in [0.1, 0.15) is 58.1 Å². The number of hydrogen-bond acceptors (Lipinski definition) is 5. The van der Waals surface area contributed by atoms with E-state index in [9.17, 15) is 9.59 Å². The zero-order valence-electron chi connectivity index (χ0n) is 24.2. The summed E-state index contributed by atoms with van der Waals surface area (Å²) in [5.74, 6) is 2.48. The number of benzene rings is 2. The monoisotopic (exact) mass is 535 g/mol. The highest BCUT2D eigenvalue weighted by Crippen LogP contribution is 2.31. The van der Waals surface area contributed by atoms with Crippen LogP contribution in [0.15, 0.2) is 42.5 Å². The van der Waals surface area contributed by atoms with Gasteiger partial charge in [-0.1, -0.05) is 52.0 Å². The lowest BCUT2D eigenvalue weighted by molar-refractivity contribution is -0.131. The van der Waals surface area contributed by atoms with Crippen molar-refractivity contribution >= 4 is 17.5 Å². The molecule has 0 unspecified atom stereocenters. The second kappa shape index (κ2) is 13.8. The lowest BCUT2D eigenvalue weighted by Gasteiger charge is -2.29. The van der Waals surface area contributed by atoms with Gasteiger partial charge in [0.1, 0.15) is 0 Å². The van der Waals surface area contributed by atoms with Crippen LogP contribution in [0, 0.1) is 11.8 Å². The fraction of sp³-hybridized carbons (Fsp3) is 0.562. The second-order valence-electron chi connectivity index (χ2n) is 11.6. The first kappa shape index (κ1) is 28.9. The van der Waals surface area contributed by atoms with E-state index in [0.29, 0.717) is 57.4 Å². The van der Waals surface area contributed by atoms with Gasteiger partial charge in [-0.15, -0.1) is 0 Å². The number of anilines is 1. The largest absolute Gasteiger partial charge is 0.490 e. The van der Waals surface area contributed by atoms with Crippen molar-refractivity contribution in [3.8, 4) is 11.5 Å². The molecule has 4 rings (SSSR count). The van der Waals surface area contributed by atoms with Crippen molar-refractivity contribution in [1.82, 2.24) is 9.80 Å². The molecule has 0 saturated carbocycles. The average Bonchev–Trinajstić information content (AvgIpc) is 3.14. The number of hydrogen-bond donors (Lipinski definition) is 0. The molecule has 2 aliphatic rings. The first-order chi connectivity index (χ1) is 18.8. The SMILES string of the molecule is CC(C)CC(=O)N1CCCN(CC(C)C)CCN(C(=O)Cc2ccc3c(c2)OCCCO3)Cc2ccccc21. The van der Waals surface area contributed by atoms with Gasteiger partial charge in [-0.05, 0) is 54.1 Å². The van der Waals surface area contributed by atoms with E-state index in [-0.39, 0.29) is 17.7 Å². The highest BCUT2D eigenvalue weighted by atomic mass is 16.5. The second-order valence-corrected chi connectivity index (χ2v) is 11.6. The molecule has 2 aromatic rings. The Balaban J connectivity index is 1.61. The summed E-state index contributed by atoms with van der Waals surface area (Å²) < 4.78 is 11.6. The summed E-state index contributed by atoms with van der Waals surface area (Å²) in [5, 5.41) is 0. The summed E-state index contributed by atoms with van der Waals surface area (Å²) in [6, 6.07) is 13.9. The zero-order valence-corrected chi connectivity index (χ0v) is 24.2. The van der Waals surface area contributed by atoms with Crippen molar-refractivity contribution in [3.63, 3.8) is 0 Å². The van der Waals surface area contributed by atoms with Crippen molar-refractivity contribution in [2.24, 2.45) is 11.8 Å². The number of nitrogens with zero attached hydrogens (tertiary/aromatic N) is 3. The first-order valence-corrected chi connectivity index (χ1v) is 14.6. The fourth-order valence-electron chi connectivity index (χ4n) is 5.37. The van der Waals surface area contributed by atoms with Gasteiger partial charge >= 0.3 is 0 Å². The molecule has 2 aliphatic heterocycles. The highest BCUT2D eigenvalue weighted by molar-refractivity contribution is 5.94. The quantitative estimate of drug-likeness (QED) is 0.511. The van der Waals surface area contributed by atoms with E-state index in [0.717, 1.165) is 55.0 Å². The summed E-state index contributed by atoms with van der Waals surface area (Å²) in [6.45, 7) is 14.4. The van der Waals surface area contributed by atoms with Gasteiger partial charge in [0.05, 0.1) is 19.6 Å². The van der Waals surface area contributed by atoms with Crippen molar-refractivity contribution in [2.45, 2.75) is 59.9 Å². The van der Waals surface area contributed by atoms with Gasteiger partial charge in [-0.2, -0.15) is 0 Å². The Morgan fingerprint density at radius 3 is 2.36 bits per heavy atom. The Hall–Kier alpha value is -3.06. The maximum atomic E-state index is 13.8. The third-order valence-electron chi connectivity index (χ3n) is 7.21. The van der Waals surface area contributed by atoms with E-state index < -0.39 is 0 Å². The van der Waals surface area contributed by atoms with Gasteiger partial charge in [-0.25, -0.2) is 0 Å². The summed E-state index contributed by atoms with van der Waals surface area (Å²) >= 11 is 0. The molecule has 212 valence electrons. The molecule has 2 amide bonds. The molecular formula is C32H45N3O4. The van der Waals surface area contributed by atoms with Crippen molar-refractivity contribution in [3.05, 3.63) is 53.6 Å². The van der Waals surface area contributed by atoms with E-state index in [4.69, 9.17) is 9.47 Å². The molecule has 2 aromatic carbocycles. The van der Waals surface area contributed by atoms with Crippen LogP contribution in [0.4, 0.5) is 5.69 Å². The first-order valence-electron chi connectivity index (χ1n) is 14.6. The summed E-state index contributed by atoms with van der Waals surface area (Å²) in [6.07, 6.45) is 2.55. The minimum absolute atomic E-state index is 0.0723. The normalized spacial score (nSPS) is 17.0. The standard InChI is InChI=1S/C32H45N3O4/c1-24(2)19-32(37)35-14-7-13-33(22-25(3)4)15-16-34(23-27-9-5-6-10-28(27)35)31(36)21-26-11-12-29-30(20-26)39-18-8-17-38-29/h5-6,9-12,20,24-25H,7-8,13-19,21-23H2,1-4H3. The number of para-hydroxylation sites is 1. The molecule has 2 heterocycles. The predicted octanol–water partition coefficient (Wildman–Crippen LogP) is 5.16. The predicted molar refractivity (Wildman–Crippen MR) is 155 cm³/mol. The maximum absolute atomic E-state index is 13.8. The number of ether oxygens (including phenoxy) is 2. The number of carbonyl (C=O) groups is 2. The van der Waals surface area contributed by atoms with Gasteiger partial charge in [0, 0.05) is 51.3 Å². The van der Waals surface area contributed by atoms with Crippen LogP contribution in [0.5, 0.6) is 11.5 Å². The molecule has 0 N–H and O–H groups in total. The molecule has 0 atom stereocenters. The van der Waals surface area contributed by atoms with E-state index in [1.54, 1.807) is 0 Å². The van der Waals surface area contributed by atoms with Crippen LogP contribution in [-0.2, 0) is 22.6 Å². The topological polar surface area (TPSA) is 62.3 Å². The van der Waals surface area contributed by atoms with Gasteiger partial charge < -0.3 is 24.2 Å². The molecule has 0 aromatic heterocycles. The number of rotatable bonds is 6. The molecule has 0 bridgehead atoms. The molecule has 0 saturated heterocycles. The van der Waals surface area contributed by atoms with Gasteiger partial charge in [0.15, 0.2) is 11.5 Å². The van der Waals surface area contributed by atoms with Gasteiger partial charge in [0.2, 0.25) is 11.8 Å². The van der Waals surface area contributed by atoms with Gasteiger partial charge in [-0.3, -0.25) is 9.59 Å². The number of fused-ring (bicyclic) bond motifs is 2. The Labute approximate surface area is 234 Å². The Morgan fingerprint density at radius 1 is 0.821 bits per heavy atom. The molecule has 7 nitrogen and oxygen atoms in total. The number of carbonyl (C=O) groups excluding carboxylic acids is 2. The average molecular weight is 536 g/mol. The van der Waals surface area contributed by atoms with E-state index >= 15 is 0 Å². The molecule has 0 aliphatic carbocycles. The lowest BCUT2D eigenvalue weighted by Crippen LogP contribution is -2.40. The minimum Gasteiger partial charge on any atom is -0.490 e. The van der Waals surface area contributed by atoms with E-state index in [1.165, 1.54) is 0 Å². The molecule has 7 heteroatoms. The minimum atomic E-state index is 0.0723. The van der Waals surface area contributed by atoms with Crippen LogP contribution in [0.3, 0.4) is 0 Å². The van der Waals surface area contributed by atoms with Crippen LogP contribution < -0.4 is 14.4 Å². The highest BCUT2D eigenvalue weighted by Gasteiger charge is 2.24. The van der Waals surface area contributed by atoms with Crippen molar-refractivity contribution in [1.29, 1.82) is 0 Å². The fourth-order valence-corrected chi connectivity index (χ4v) is 5.37. The smallest absolute Gasteiger partial charge is 0.227 e. The van der Waals surface area contributed by atoms with Crippen LogP contribution in [0.2, 0.25) is 0 Å². The molecule has 39 heavy (non-hydrogen) atoms. The van der Waals surface area contributed by atoms with Crippen molar-refractivity contribution in [2.75, 3.05) is 50.8 Å². The van der Waals surface area contributed by atoms with Crippen molar-refractivity contribution < 1.29 is 19.1 Å². The lowest BCUT2D eigenvalue weighted by atomic mass is 10.1. The van der Waals surface area contributed by atoms with Gasteiger partial charge in [0.25, 0.3) is 0 Å². The number of amides is 2. The Kier molecular flexibility index (Phi) is 10.3. The Morgan fingerprint density at radius 2 is 1.59 bits per heavy atom. The molecule has 0 fully saturated rings. The molecule has 0 radical (unpaired) electrons. The summed E-state index contributed by atoms with van der Waals surface area (Å²) in [4.78, 5) is 33.6. The van der Waals surface area contributed by atoms with Crippen LogP contribution in [0.25, 0.3) is 0 Å². The summed E-state index contributed by atoms with van der Waals surface area (Å²) in [5.41, 5.74) is 2.85. The maximum Gasteiger partial charge on any atom is 0.227 e. The third-order valence-corrected chi connectivity index (χ3v) is 7.21.